The first-order valence-electron chi connectivity index (χ1n) is 7.65. The highest BCUT2D eigenvalue weighted by Gasteiger charge is 2.24. The molecule has 0 saturated heterocycles. The molecular formula is C17H25NO5. The summed E-state index contributed by atoms with van der Waals surface area (Å²) in [6.45, 7) is 7.82. The molecule has 128 valence electrons. The zero-order valence-electron chi connectivity index (χ0n) is 14.1. The molecule has 0 radical (unpaired) electrons. The first-order valence-corrected chi connectivity index (χ1v) is 7.65. The number of hydrogen-bond acceptors (Lipinski definition) is 4. The first kappa shape index (κ1) is 18.8. The number of nitrogens with one attached hydrogen (secondary N) is 1. The summed E-state index contributed by atoms with van der Waals surface area (Å²) in [6, 6.07) is 6.11. The average Bonchev–Trinajstić information content (AvgIpc) is 2.43. The summed E-state index contributed by atoms with van der Waals surface area (Å²) in [4.78, 5) is 23.0. The predicted octanol–water partition coefficient (Wildman–Crippen LogP) is 3.00. The molecule has 1 atom stereocenters. The lowest BCUT2D eigenvalue weighted by Crippen LogP contribution is -2.44. The van der Waals surface area contributed by atoms with Crippen molar-refractivity contribution < 1.29 is 24.2 Å². The van der Waals surface area contributed by atoms with Crippen LogP contribution < -0.4 is 10.1 Å². The van der Waals surface area contributed by atoms with Crippen molar-refractivity contribution in [3.05, 3.63) is 29.8 Å². The summed E-state index contributed by atoms with van der Waals surface area (Å²) in [5.74, 6) is -0.371. The normalized spacial score (nSPS) is 12.3. The smallest absolute Gasteiger partial charge is 0.408 e. The van der Waals surface area contributed by atoms with Gasteiger partial charge in [0.1, 0.15) is 17.4 Å². The van der Waals surface area contributed by atoms with Crippen molar-refractivity contribution in [1.82, 2.24) is 5.32 Å². The molecule has 1 aromatic rings. The van der Waals surface area contributed by atoms with Gasteiger partial charge in [0.05, 0.1) is 6.61 Å². The van der Waals surface area contributed by atoms with Crippen LogP contribution >= 0.6 is 0 Å². The molecular weight excluding hydrogens is 298 g/mol. The minimum Gasteiger partial charge on any atom is -0.494 e. The number of aliphatic carboxylic acids is 1. The standard InChI is InChI=1S/C17H25NO5/c1-5-10-22-13-8-6-12(7-9-13)11-14(15(19)20)18-16(21)23-17(2,3)4/h6-9,14H,5,10-11H2,1-4H3,(H,18,21)(H,19,20)/t14-/m1/s1. The molecule has 0 aliphatic rings. The summed E-state index contributed by atoms with van der Waals surface area (Å²) < 4.78 is 10.6. The highest BCUT2D eigenvalue weighted by Crippen LogP contribution is 2.14. The lowest BCUT2D eigenvalue weighted by atomic mass is 10.1. The quantitative estimate of drug-likeness (QED) is 0.806. The molecule has 1 aromatic carbocycles. The van der Waals surface area contributed by atoms with E-state index >= 15 is 0 Å². The van der Waals surface area contributed by atoms with Crippen molar-refractivity contribution in [2.75, 3.05) is 6.61 Å². The largest absolute Gasteiger partial charge is 0.494 e. The molecule has 2 N–H and O–H groups in total. The van der Waals surface area contributed by atoms with Gasteiger partial charge in [-0.2, -0.15) is 0 Å². The molecule has 0 unspecified atom stereocenters. The Hall–Kier alpha value is -2.24. The zero-order chi connectivity index (χ0) is 17.5. The van der Waals surface area contributed by atoms with E-state index in [0.29, 0.717) is 6.61 Å². The Morgan fingerprint density at radius 3 is 2.30 bits per heavy atom. The first-order chi connectivity index (χ1) is 10.7. The summed E-state index contributed by atoms with van der Waals surface area (Å²) in [7, 11) is 0. The Morgan fingerprint density at radius 1 is 1.22 bits per heavy atom. The van der Waals surface area contributed by atoms with Gasteiger partial charge in [0, 0.05) is 6.42 Å². The highest BCUT2D eigenvalue weighted by atomic mass is 16.6. The number of carboxylic acids is 1. The van der Waals surface area contributed by atoms with E-state index in [1.807, 2.05) is 6.92 Å². The molecule has 0 aliphatic carbocycles. The van der Waals surface area contributed by atoms with Crippen LogP contribution in [0.25, 0.3) is 0 Å². The van der Waals surface area contributed by atoms with Crippen LogP contribution in [0.4, 0.5) is 4.79 Å². The number of amides is 1. The van der Waals surface area contributed by atoms with Crippen LogP contribution in [0.3, 0.4) is 0 Å². The molecule has 0 saturated carbocycles. The number of carboxylic acid groups (broad SMARTS) is 1. The van der Waals surface area contributed by atoms with Gasteiger partial charge >= 0.3 is 12.1 Å². The molecule has 6 heteroatoms. The van der Waals surface area contributed by atoms with Gasteiger partial charge in [0.2, 0.25) is 0 Å². The monoisotopic (exact) mass is 323 g/mol. The van der Waals surface area contributed by atoms with Gasteiger partial charge in [0.25, 0.3) is 0 Å². The SMILES string of the molecule is CCCOc1ccc(C[C@@H](NC(=O)OC(C)(C)C)C(=O)O)cc1. The van der Waals surface area contributed by atoms with E-state index in [2.05, 4.69) is 5.32 Å². The maximum Gasteiger partial charge on any atom is 0.408 e. The summed E-state index contributed by atoms with van der Waals surface area (Å²) in [5, 5.41) is 11.6. The van der Waals surface area contributed by atoms with Gasteiger partial charge in [0.15, 0.2) is 0 Å². The molecule has 0 spiro atoms. The Labute approximate surface area is 136 Å². The maximum atomic E-state index is 11.7. The molecule has 0 aliphatic heterocycles. The number of benzene rings is 1. The number of hydrogen-bond donors (Lipinski definition) is 2. The number of alkyl carbamates (subject to hydrolysis) is 1. The molecule has 0 fully saturated rings. The van der Waals surface area contributed by atoms with Gasteiger partial charge in [-0.05, 0) is 44.9 Å². The maximum absolute atomic E-state index is 11.7. The van der Waals surface area contributed by atoms with E-state index in [1.54, 1.807) is 45.0 Å². The van der Waals surface area contributed by atoms with Crippen LogP contribution in [0.5, 0.6) is 5.75 Å². The van der Waals surface area contributed by atoms with Crippen molar-refractivity contribution in [3.63, 3.8) is 0 Å². The third kappa shape index (κ3) is 7.54. The van der Waals surface area contributed by atoms with Crippen LogP contribution in [0.2, 0.25) is 0 Å². The summed E-state index contributed by atoms with van der Waals surface area (Å²) in [5.41, 5.74) is 0.114. The van der Waals surface area contributed by atoms with Gasteiger partial charge in [-0.3, -0.25) is 0 Å². The van der Waals surface area contributed by atoms with E-state index < -0.39 is 23.7 Å². The molecule has 0 aromatic heterocycles. The van der Waals surface area contributed by atoms with Gasteiger partial charge in [-0.25, -0.2) is 9.59 Å². The highest BCUT2D eigenvalue weighted by molar-refractivity contribution is 5.80. The van der Waals surface area contributed by atoms with Crippen LogP contribution in [0, 0.1) is 0 Å². The zero-order valence-corrected chi connectivity index (χ0v) is 14.1. The number of carbonyl (C=O) groups excluding carboxylic acids is 1. The minimum atomic E-state index is -1.11. The molecule has 1 amide bonds. The number of carbonyl (C=O) groups is 2. The second-order valence-electron chi connectivity index (χ2n) is 6.23. The van der Waals surface area contributed by atoms with Crippen molar-refractivity contribution in [2.24, 2.45) is 0 Å². The van der Waals surface area contributed by atoms with Crippen LogP contribution in [0.1, 0.15) is 39.7 Å². The van der Waals surface area contributed by atoms with Crippen LogP contribution in [-0.4, -0.2) is 35.4 Å². The van der Waals surface area contributed by atoms with E-state index in [9.17, 15) is 14.7 Å². The second-order valence-corrected chi connectivity index (χ2v) is 6.23. The average molecular weight is 323 g/mol. The molecule has 23 heavy (non-hydrogen) atoms. The topological polar surface area (TPSA) is 84.9 Å². The van der Waals surface area contributed by atoms with E-state index in [-0.39, 0.29) is 6.42 Å². The Bertz CT molecular complexity index is 519. The molecule has 0 bridgehead atoms. The van der Waals surface area contributed by atoms with E-state index in [4.69, 9.17) is 9.47 Å². The second kappa shape index (κ2) is 8.41. The summed E-state index contributed by atoms with van der Waals surface area (Å²) in [6.07, 6.45) is 0.346. The minimum absolute atomic E-state index is 0.169. The fourth-order valence-electron chi connectivity index (χ4n) is 1.83. The summed E-state index contributed by atoms with van der Waals surface area (Å²) >= 11 is 0. The molecule has 0 heterocycles. The third-order valence-electron chi connectivity index (χ3n) is 2.83. The Morgan fingerprint density at radius 2 is 1.83 bits per heavy atom. The Balaban J connectivity index is 2.65. The third-order valence-corrected chi connectivity index (χ3v) is 2.83. The van der Waals surface area contributed by atoms with Crippen LogP contribution in [-0.2, 0) is 16.0 Å². The van der Waals surface area contributed by atoms with Crippen molar-refractivity contribution in [1.29, 1.82) is 0 Å². The number of ether oxygens (including phenoxy) is 2. The van der Waals surface area contributed by atoms with Crippen molar-refractivity contribution >= 4 is 12.1 Å². The van der Waals surface area contributed by atoms with Crippen molar-refractivity contribution in [3.8, 4) is 5.75 Å². The van der Waals surface area contributed by atoms with E-state index in [1.165, 1.54) is 0 Å². The van der Waals surface area contributed by atoms with Gasteiger partial charge < -0.3 is 19.9 Å². The van der Waals surface area contributed by atoms with Crippen molar-refractivity contribution in [2.45, 2.75) is 52.2 Å². The van der Waals surface area contributed by atoms with E-state index in [0.717, 1.165) is 17.7 Å². The predicted molar refractivity (Wildman–Crippen MR) is 86.7 cm³/mol. The fourth-order valence-corrected chi connectivity index (χ4v) is 1.83. The van der Waals surface area contributed by atoms with Gasteiger partial charge in [-0.1, -0.05) is 19.1 Å². The molecule has 6 nitrogen and oxygen atoms in total. The number of rotatable bonds is 7. The van der Waals surface area contributed by atoms with Crippen LogP contribution in [0.15, 0.2) is 24.3 Å². The molecule has 1 rings (SSSR count). The Kier molecular flexibility index (Phi) is 6.88. The van der Waals surface area contributed by atoms with Gasteiger partial charge in [-0.15, -0.1) is 0 Å². The fraction of sp³-hybridized carbons (Fsp3) is 0.529. The lowest BCUT2D eigenvalue weighted by Gasteiger charge is -2.22. The lowest BCUT2D eigenvalue weighted by molar-refractivity contribution is -0.139.